The fourth-order valence-electron chi connectivity index (χ4n) is 3.66. The highest BCUT2D eigenvalue weighted by atomic mass is 16.5. The molecule has 27 heavy (non-hydrogen) atoms. The van der Waals surface area contributed by atoms with Gasteiger partial charge in [-0.3, -0.25) is 14.6 Å². The van der Waals surface area contributed by atoms with Gasteiger partial charge in [0.2, 0.25) is 5.91 Å². The van der Waals surface area contributed by atoms with Gasteiger partial charge in [0.1, 0.15) is 12.7 Å². The van der Waals surface area contributed by atoms with Crippen molar-refractivity contribution in [2.75, 3.05) is 66.1 Å². The maximum atomic E-state index is 12.2. The summed E-state index contributed by atoms with van der Waals surface area (Å²) in [6.45, 7) is 6.59. The van der Waals surface area contributed by atoms with Gasteiger partial charge in [-0.2, -0.15) is 0 Å². The standard InChI is InChI=1S/C20H31N3O4/c1-26-18-6-2-3-7-19(18)27-16-17(24)14-21-10-12-22(13-11-21)15-20(25)23-8-4-5-9-23/h2-3,6-7,17,24H,4-5,8-16H2,1H3/t17-/m1/s1. The molecule has 7 heteroatoms. The molecular formula is C20H31N3O4. The normalized spacial score (nSPS) is 19.9. The summed E-state index contributed by atoms with van der Waals surface area (Å²) in [7, 11) is 1.60. The highest BCUT2D eigenvalue weighted by molar-refractivity contribution is 5.78. The van der Waals surface area contributed by atoms with E-state index in [1.165, 1.54) is 0 Å². The van der Waals surface area contributed by atoms with Crippen LogP contribution in [-0.4, -0.2) is 97.9 Å². The Balaban J connectivity index is 1.35. The number of carbonyl (C=O) groups is 1. The zero-order chi connectivity index (χ0) is 19.1. The van der Waals surface area contributed by atoms with Crippen LogP contribution in [0, 0.1) is 0 Å². The van der Waals surface area contributed by atoms with E-state index in [9.17, 15) is 9.90 Å². The molecule has 2 aliphatic rings. The number of nitrogens with zero attached hydrogens (tertiary/aromatic N) is 3. The van der Waals surface area contributed by atoms with Crippen molar-refractivity contribution < 1.29 is 19.4 Å². The number of para-hydroxylation sites is 2. The van der Waals surface area contributed by atoms with Crippen LogP contribution in [0.4, 0.5) is 0 Å². The van der Waals surface area contributed by atoms with Crippen LogP contribution < -0.4 is 9.47 Å². The molecular weight excluding hydrogens is 346 g/mol. The molecule has 1 N–H and O–H groups in total. The molecule has 0 aliphatic carbocycles. The van der Waals surface area contributed by atoms with Crippen LogP contribution in [0.2, 0.25) is 0 Å². The van der Waals surface area contributed by atoms with Gasteiger partial charge in [0.05, 0.1) is 13.7 Å². The maximum absolute atomic E-state index is 12.2. The number of hydrogen-bond acceptors (Lipinski definition) is 6. The summed E-state index contributed by atoms with van der Waals surface area (Å²) < 4.78 is 11.0. The van der Waals surface area contributed by atoms with Crippen LogP contribution in [0.15, 0.2) is 24.3 Å². The molecule has 1 atom stereocenters. The molecule has 2 saturated heterocycles. The van der Waals surface area contributed by atoms with Crippen molar-refractivity contribution in [3.63, 3.8) is 0 Å². The molecule has 0 radical (unpaired) electrons. The Labute approximate surface area is 161 Å². The number of hydrogen-bond donors (Lipinski definition) is 1. The van der Waals surface area contributed by atoms with Gasteiger partial charge in [0, 0.05) is 45.8 Å². The molecule has 1 amide bonds. The first kappa shape index (κ1) is 19.9. The van der Waals surface area contributed by atoms with Crippen molar-refractivity contribution in [2.45, 2.75) is 18.9 Å². The number of rotatable bonds is 8. The van der Waals surface area contributed by atoms with Gasteiger partial charge in [-0.15, -0.1) is 0 Å². The second-order valence-electron chi connectivity index (χ2n) is 7.28. The summed E-state index contributed by atoms with van der Waals surface area (Å²) in [5.74, 6) is 1.57. The third kappa shape index (κ3) is 5.82. The maximum Gasteiger partial charge on any atom is 0.236 e. The Bertz CT molecular complexity index is 599. The van der Waals surface area contributed by atoms with Crippen LogP contribution in [0.1, 0.15) is 12.8 Å². The number of amides is 1. The number of likely N-dealkylation sites (tertiary alicyclic amines) is 1. The number of benzene rings is 1. The number of aliphatic hydroxyl groups is 1. The molecule has 0 unspecified atom stereocenters. The van der Waals surface area contributed by atoms with Crippen molar-refractivity contribution in [2.24, 2.45) is 0 Å². The fraction of sp³-hybridized carbons (Fsp3) is 0.650. The topological polar surface area (TPSA) is 65.5 Å². The van der Waals surface area contributed by atoms with Gasteiger partial charge < -0.3 is 19.5 Å². The molecule has 2 aliphatic heterocycles. The molecule has 2 heterocycles. The summed E-state index contributed by atoms with van der Waals surface area (Å²) in [4.78, 5) is 18.7. The third-order valence-electron chi connectivity index (χ3n) is 5.25. The van der Waals surface area contributed by atoms with Gasteiger partial charge >= 0.3 is 0 Å². The van der Waals surface area contributed by atoms with E-state index in [4.69, 9.17) is 9.47 Å². The van der Waals surface area contributed by atoms with Crippen molar-refractivity contribution >= 4 is 5.91 Å². The minimum atomic E-state index is -0.562. The first-order valence-corrected chi connectivity index (χ1v) is 9.82. The largest absolute Gasteiger partial charge is 0.493 e. The predicted molar refractivity (Wildman–Crippen MR) is 103 cm³/mol. The zero-order valence-corrected chi connectivity index (χ0v) is 16.2. The highest BCUT2D eigenvalue weighted by Crippen LogP contribution is 2.25. The molecule has 0 bridgehead atoms. The number of β-amino-alcohol motifs (C(OH)–C–C–N with tert-alkyl or cyclic N) is 1. The first-order chi connectivity index (χ1) is 13.2. The average Bonchev–Trinajstić information content (AvgIpc) is 3.23. The van der Waals surface area contributed by atoms with Gasteiger partial charge in [-0.05, 0) is 25.0 Å². The van der Waals surface area contributed by atoms with E-state index in [1.807, 2.05) is 29.2 Å². The lowest BCUT2D eigenvalue weighted by molar-refractivity contribution is -0.131. The summed E-state index contributed by atoms with van der Waals surface area (Å²) >= 11 is 0. The van der Waals surface area contributed by atoms with Crippen molar-refractivity contribution in [3.8, 4) is 11.5 Å². The predicted octanol–water partition coefficient (Wildman–Crippen LogP) is 0.675. The highest BCUT2D eigenvalue weighted by Gasteiger charge is 2.24. The lowest BCUT2D eigenvalue weighted by atomic mass is 10.2. The number of piperazine rings is 1. The monoisotopic (exact) mass is 377 g/mol. The van der Waals surface area contributed by atoms with Crippen molar-refractivity contribution in [1.82, 2.24) is 14.7 Å². The molecule has 0 spiro atoms. The van der Waals surface area contributed by atoms with Crippen molar-refractivity contribution in [3.05, 3.63) is 24.3 Å². The van der Waals surface area contributed by atoms with Crippen LogP contribution in [0.5, 0.6) is 11.5 Å². The second-order valence-corrected chi connectivity index (χ2v) is 7.28. The fourth-order valence-corrected chi connectivity index (χ4v) is 3.66. The SMILES string of the molecule is COc1ccccc1OC[C@H](O)CN1CCN(CC(=O)N2CCCC2)CC1. The van der Waals surface area contributed by atoms with Crippen molar-refractivity contribution in [1.29, 1.82) is 0 Å². The van der Waals surface area contributed by atoms with E-state index in [2.05, 4.69) is 9.80 Å². The summed E-state index contributed by atoms with van der Waals surface area (Å²) in [5, 5.41) is 10.3. The number of aliphatic hydroxyl groups excluding tert-OH is 1. The third-order valence-corrected chi connectivity index (χ3v) is 5.25. The molecule has 2 fully saturated rings. The molecule has 7 nitrogen and oxygen atoms in total. The molecule has 1 aromatic carbocycles. The van der Waals surface area contributed by atoms with E-state index < -0.39 is 6.10 Å². The van der Waals surface area contributed by atoms with E-state index in [-0.39, 0.29) is 12.5 Å². The molecule has 0 saturated carbocycles. The lowest BCUT2D eigenvalue weighted by Gasteiger charge is -2.35. The Kier molecular flexibility index (Phi) is 7.32. The quantitative estimate of drug-likeness (QED) is 0.719. The Morgan fingerprint density at radius 1 is 1.04 bits per heavy atom. The number of ether oxygens (including phenoxy) is 2. The summed E-state index contributed by atoms with van der Waals surface area (Å²) in [6.07, 6.45) is 1.70. The van der Waals surface area contributed by atoms with Gasteiger partial charge in [0.15, 0.2) is 11.5 Å². The smallest absolute Gasteiger partial charge is 0.236 e. The second kappa shape index (κ2) is 9.92. The molecule has 1 aromatic rings. The first-order valence-electron chi connectivity index (χ1n) is 9.82. The minimum Gasteiger partial charge on any atom is -0.493 e. The molecule has 0 aromatic heterocycles. The lowest BCUT2D eigenvalue weighted by Crippen LogP contribution is -2.51. The van der Waals surface area contributed by atoms with E-state index >= 15 is 0 Å². The van der Waals surface area contributed by atoms with Gasteiger partial charge in [-0.25, -0.2) is 0 Å². The van der Waals surface area contributed by atoms with Crippen LogP contribution in [0.3, 0.4) is 0 Å². The summed E-state index contributed by atoms with van der Waals surface area (Å²) in [6, 6.07) is 7.44. The molecule has 150 valence electrons. The number of carbonyl (C=O) groups excluding carboxylic acids is 1. The van der Waals surface area contributed by atoms with Crippen LogP contribution in [-0.2, 0) is 4.79 Å². The van der Waals surface area contributed by atoms with Gasteiger partial charge in [-0.1, -0.05) is 12.1 Å². The van der Waals surface area contributed by atoms with E-state index in [1.54, 1.807) is 7.11 Å². The average molecular weight is 377 g/mol. The summed E-state index contributed by atoms with van der Waals surface area (Å²) in [5.41, 5.74) is 0. The van der Waals surface area contributed by atoms with Crippen LogP contribution in [0.25, 0.3) is 0 Å². The number of methoxy groups -OCH3 is 1. The van der Waals surface area contributed by atoms with Gasteiger partial charge in [0.25, 0.3) is 0 Å². The Morgan fingerprint density at radius 2 is 1.67 bits per heavy atom. The minimum absolute atomic E-state index is 0.230. The van der Waals surface area contributed by atoms with Crippen LogP contribution >= 0.6 is 0 Å². The Morgan fingerprint density at radius 3 is 2.33 bits per heavy atom. The zero-order valence-electron chi connectivity index (χ0n) is 16.2. The van der Waals surface area contributed by atoms with E-state index in [0.717, 1.165) is 52.1 Å². The Hall–Kier alpha value is -1.83. The van der Waals surface area contributed by atoms with E-state index in [0.29, 0.717) is 24.6 Å². The molecule has 3 rings (SSSR count).